The Morgan fingerprint density at radius 1 is 1.53 bits per heavy atom. The van der Waals surface area contributed by atoms with E-state index in [4.69, 9.17) is 10.5 Å². The van der Waals surface area contributed by atoms with E-state index in [1.807, 2.05) is 13.8 Å². The number of carbonyl (C=O) groups excluding carboxylic acids is 1. The van der Waals surface area contributed by atoms with E-state index < -0.39 is 0 Å². The molecule has 3 unspecified atom stereocenters. The monoisotopic (exact) mass is 242 g/mol. The summed E-state index contributed by atoms with van der Waals surface area (Å²) >= 11 is 0. The Morgan fingerprint density at radius 2 is 2.18 bits per heavy atom. The lowest BCUT2D eigenvalue weighted by atomic mass is 9.64. The summed E-state index contributed by atoms with van der Waals surface area (Å²) in [5.74, 6) is 0.0624. The minimum atomic E-state index is -0.0270. The third-order valence-corrected chi connectivity index (χ3v) is 3.85. The average molecular weight is 242 g/mol. The van der Waals surface area contributed by atoms with Crippen LogP contribution < -0.4 is 11.1 Å². The van der Waals surface area contributed by atoms with Crippen LogP contribution in [0.4, 0.5) is 0 Å². The van der Waals surface area contributed by atoms with Gasteiger partial charge >= 0.3 is 0 Å². The SMILES string of the molecule is CCOC1CC(NC(=O)CC(N)CC)C1(C)C. The largest absolute Gasteiger partial charge is 0.378 e. The van der Waals surface area contributed by atoms with Gasteiger partial charge in [0.1, 0.15) is 0 Å². The number of ether oxygens (including phenoxy) is 1. The Kier molecular flexibility index (Phi) is 4.95. The lowest BCUT2D eigenvalue weighted by Crippen LogP contribution is -2.62. The summed E-state index contributed by atoms with van der Waals surface area (Å²) in [6.07, 6.45) is 2.43. The molecule has 0 aliphatic heterocycles. The second kappa shape index (κ2) is 5.83. The van der Waals surface area contributed by atoms with Gasteiger partial charge in [-0.05, 0) is 19.8 Å². The van der Waals surface area contributed by atoms with Crippen molar-refractivity contribution in [2.75, 3.05) is 6.61 Å². The van der Waals surface area contributed by atoms with Gasteiger partial charge in [0.2, 0.25) is 5.91 Å². The Morgan fingerprint density at radius 3 is 2.65 bits per heavy atom. The van der Waals surface area contributed by atoms with E-state index in [0.717, 1.165) is 19.4 Å². The number of rotatable bonds is 6. The predicted molar refractivity (Wildman–Crippen MR) is 68.6 cm³/mol. The molecule has 1 rings (SSSR count). The van der Waals surface area contributed by atoms with E-state index in [1.54, 1.807) is 0 Å². The molecule has 1 aliphatic carbocycles. The summed E-state index contributed by atoms with van der Waals surface area (Å²) in [6, 6.07) is 0.191. The van der Waals surface area contributed by atoms with Gasteiger partial charge in [-0.2, -0.15) is 0 Å². The van der Waals surface area contributed by atoms with Crippen LogP contribution in [0.25, 0.3) is 0 Å². The fourth-order valence-electron chi connectivity index (χ4n) is 2.25. The molecule has 4 heteroatoms. The van der Waals surface area contributed by atoms with Crippen molar-refractivity contribution in [3.05, 3.63) is 0 Å². The first kappa shape index (κ1) is 14.5. The zero-order chi connectivity index (χ0) is 13.1. The van der Waals surface area contributed by atoms with Crippen LogP contribution in [0.5, 0.6) is 0 Å². The van der Waals surface area contributed by atoms with E-state index >= 15 is 0 Å². The molecule has 100 valence electrons. The van der Waals surface area contributed by atoms with Crippen LogP contribution >= 0.6 is 0 Å². The van der Waals surface area contributed by atoms with E-state index in [0.29, 0.717) is 6.42 Å². The second-order valence-corrected chi connectivity index (χ2v) is 5.49. The van der Waals surface area contributed by atoms with Crippen molar-refractivity contribution in [2.24, 2.45) is 11.1 Å². The minimum Gasteiger partial charge on any atom is -0.378 e. The molecule has 1 aliphatic rings. The Hall–Kier alpha value is -0.610. The van der Waals surface area contributed by atoms with Crippen LogP contribution in [-0.4, -0.2) is 30.7 Å². The number of hydrogen-bond acceptors (Lipinski definition) is 3. The summed E-state index contributed by atoms with van der Waals surface area (Å²) in [6.45, 7) is 9.01. The highest BCUT2D eigenvalue weighted by atomic mass is 16.5. The summed E-state index contributed by atoms with van der Waals surface area (Å²) in [5, 5.41) is 3.06. The van der Waals surface area contributed by atoms with Crippen LogP contribution in [0.3, 0.4) is 0 Å². The molecule has 1 fully saturated rings. The van der Waals surface area contributed by atoms with Crippen molar-refractivity contribution in [1.82, 2.24) is 5.32 Å². The number of nitrogens with two attached hydrogens (primary N) is 1. The number of nitrogens with one attached hydrogen (secondary N) is 1. The average Bonchev–Trinajstić information content (AvgIpc) is 2.27. The van der Waals surface area contributed by atoms with Gasteiger partial charge in [0.25, 0.3) is 0 Å². The van der Waals surface area contributed by atoms with Gasteiger partial charge in [0.15, 0.2) is 0 Å². The topological polar surface area (TPSA) is 64.3 Å². The molecule has 1 saturated carbocycles. The number of amides is 1. The second-order valence-electron chi connectivity index (χ2n) is 5.49. The van der Waals surface area contributed by atoms with Gasteiger partial charge in [-0.1, -0.05) is 20.8 Å². The molecule has 0 heterocycles. The highest BCUT2D eigenvalue weighted by molar-refractivity contribution is 5.77. The lowest BCUT2D eigenvalue weighted by Gasteiger charge is -2.51. The third-order valence-electron chi connectivity index (χ3n) is 3.85. The smallest absolute Gasteiger partial charge is 0.221 e. The first-order chi connectivity index (χ1) is 7.91. The van der Waals surface area contributed by atoms with Gasteiger partial charge in [0, 0.05) is 30.5 Å². The maximum absolute atomic E-state index is 11.7. The summed E-state index contributed by atoms with van der Waals surface area (Å²) < 4.78 is 5.63. The van der Waals surface area contributed by atoms with Gasteiger partial charge in [-0.3, -0.25) is 4.79 Å². The molecule has 3 N–H and O–H groups in total. The Bertz CT molecular complexity index is 266. The van der Waals surface area contributed by atoms with E-state index in [2.05, 4.69) is 19.2 Å². The van der Waals surface area contributed by atoms with Crippen molar-refractivity contribution >= 4 is 5.91 Å². The molecule has 1 amide bonds. The molecule has 17 heavy (non-hydrogen) atoms. The van der Waals surface area contributed by atoms with Crippen LogP contribution in [-0.2, 0) is 9.53 Å². The summed E-state index contributed by atoms with van der Waals surface area (Å²) in [4.78, 5) is 11.7. The van der Waals surface area contributed by atoms with Crippen molar-refractivity contribution in [2.45, 2.75) is 65.1 Å². The van der Waals surface area contributed by atoms with E-state index in [9.17, 15) is 4.79 Å². The van der Waals surface area contributed by atoms with Gasteiger partial charge < -0.3 is 15.8 Å². The molecule has 0 aromatic rings. The quantitative estimate of drug-likeness (QED) is 0.740. The molecule has 0 spiro atoms. The van der Waals surface area contributed by atoms with Gasteiger partial charge in [-0.15, -0.1) is 0 Å². The van der Waals surface area contributed by atoms with Crippen molar-refractivity contribution in [3.8, 4) is 0 Å². The Balaban J connectivity index is 2.37. The fraction of sp³-hybridized carbons (Fsp3) is 0.923. The summed E-state index contributed by atoms with van der Waals surface area (Å²) in [5.41, 5.74) is 5.80. The summed E-state index contributed by atoms with van der Waals surface area (Å²) in [7, 11) is 0. The van der Waals surface area contributed by atoms with Crippen LogP contribution in [0.2, 0.25) is 0 Å². The van der Waals surface area contributed by atoms with Gasteiger partial charge in [-0.25, -0.2) is 0 Å². The molecule has 4 nitrogen and oxygen atoms in total. The predicted octanol–water partition coefficient (Wildman–Crippen LogP) is 1.43. The third kappa shape index (κ3) is 3.42. The van der Waals surface area contributed by atoms with Crippen LogP contribution in [0, 0.1) is 5.41 Å². The molecule has 3 atom stereocenters. The van der Waals surface area contributed by atoms with Crippen molar-refractivity contribution in [3.63, 3.8) is 0 Å². The normalized spacial score (nSPS) is 28.3. The molecular weight excluding hydrogens is 216 g/mol. The molecule has 0 aromatic carbocycles. The maximum Gasteiger partial charge on any atom is 0.221 e. The van der Waals surface area contributed by atoms with E-state index in [-0.39, 0.29) is 29.5 Å². The fourth-order valence-corrected chi connectivity index (χ4v) is 2.25. The van der Waals surface area contributed by atoms with E-state index in [1.165, 1.54) is 0 Å². The molecule has 0 radical (unpaired) electrons. The Labute approximate surface area is 104 Å². The molecule has 0 aromatic heterocycles. The lowest BCUT2D eigenvalue weighted by molar-refractivity contribution is -0.136. The van der Waals surface area contributed by atoms with Crippen molar-refractivity contribution in [1.29, 1.82) is 0 Å². The molecule has 0 bridgehead atoms. The van der Waals surface area contributed by atoms with Crippen LogP contribution in [0.1, 0.15) is 47.0 Å². The maximum atomic E-state index is 11.7. The zero-order valence-electron chi connectivity index (χ0n) is 11.5. The number of hydrogen-bond donors (Lipinski definition) is 2. The molecular formula is C13H26N2O2. The zero-order valence-corrected chi connectivity index (χ0v) is 11.5. The first-order valence-corrected chi connectivity index (χ1v) is 6.58. The standard InChI is InChI=1S/C13H26N2O2/c1-5-9(14)7-12(16)15-10-8-11(17-6-2)13(10,3)4/h9-11H,5-8,14H2,1-4H3,(H,15,16). The minimum absolute atomic E-state index is 0.0270. The van der Waals surface area contributed by atoms with Crippen LogP contribution in [0.15, 0.2) is 0 Å². The van der Waals surface area contributed by atoms with Crippen molar-refractivity contribution < 1.29 is 9.53 Å². The first-order valence-electron chi connectivity index (χ1n) is 6.58. The van der Waals surface area contributed by atoms with Gasteiger partial charge in [0.05, 0.1) is 6.10 Å². The molecule has 0 saturated heterocycles. The highest BCUT2D eigenvalue weighted by Gasteiger charge is 2.49. The highest BCUT2D eigenvalue weighted by Crippen LogP contribution is 2.42. The number of carbonyl (C=O) groups is 1.